The summed E-state index contributed by atoms with van der Waals surface area (Å²) in [4.78, 5) is 37.3. The summed E-state index contributed by atoms with van der Waals surface area (Å²) < 4.78 is 15.9. The molecule has 2 unspecified atom stereocenters. The van der Waals surface area contributed by atoms with Crippen molar-refractivity contribution < 1.29 is 28.6 Å². The van der Waals surface area contributed by atoms with Gasteiger partial charge in [0.25, 0.3) is 0 Å². The minimum Gasteiger partial charge on any atom is -0.466 e. The van der Waals surface area contributed by atoms with Gasteiger partial charge in [-0.1, -0.05) is 30.3 Å². The fourth-order valence-electron chi connectivity index (χ4n) is 3.72. The number of hydrogen-bond donors (Lipinski definition) is 0. The molecule has 2 aliphatic heterocycles. The number of Topliss-reactive ketones (excluding diaryl/α,β-unsaturated/α-hetero) is 1. The Balaban J connectivity index is 2.33. The molecule has 1 fully saturated rings. The number of ketones is 1. The maximum absolute atomic E-state index is 12.5. The number of benzene rings is 1. The van der Waals surface area contributed by atoms with Crippen molar-refractivity contribution in [2.24, 2.45) is 0 Å². The van der Waals surface area contributed by atoms with E-state index in [0.29, 0.717) is 18.4 Å². The summed E-state index contributed by atoms with van der Waals surface area (Å²) in [5, 5.41) is 0. The molecule has 2 aliphatic rings. The van der Waals surface area contributed by atoms with Crippen LogP contribution in [0.4, 0.5) is 0 Å². The number of rotatable bonds is 4. The quantitative estimate of drug-likeness (QED) is 0.782. The molecule has 126 valence electrons. The van der Waals surface area contributed by atoms with Crippen LogP contribution in [0.5, 0.6) is 0 Å². The van der Waals surface area contributed by atoms with E-state index in [4.69, 9.17) is 14.2 Å². The lowest BCUT2D eigenvalue weighted by molar-refractivity contribution is -0.147. The molecular formula is C18H18O6. The molecule has 0 N–H and O–H groups in total. The largest absolute Gasteiger partial charge is 0.466 e. The van der Waals surface area contributed by atoms with Gasteiger partial charge in [-0.05, 0) is 25.3 Å². The molecule has 3 rings (SSSR count). The maximum Gasteiger partial charge on any atom is 0.337 e. The van der Waals surface area contributed by atoms with Gasteiger partial charge < -0.3 is 14.2 Å². The highest BCUT2D eigenvalue weighted by molar-refractivity contribution is 6.11. The van der Waals surface area contributed by atoms with Gasteiger partial charge in [0, 0.05) is 0 Å². The summed E-state index contributed by atoms with van der Waals surface area (Å²) in [6.07, 6.45) is 0.712. The second-order valence-electron chi connectivity index (χ2n) is 5.91. The average molecular weight is 330 g/mol. The van der Waals surface area contributed by atoms with E-state index in [0.717, 1.165) is 0 Å². The Kier molecular flexibility index (Phi) is 3.80. The lowest BCUT2D eigenvalue weighted by Crippen LogP contribution is -2.40. The molecule has 24 heavy (non-hydrogen) atoms. The Bertz CT molecular complexity index is 750. The van der Waals surface area contributed by atoms with Gasteiger partial charge in [0.1, 0.15) is 5.60 Å². The van der Waals surface area contributed by atoms with Crippen molar-refractivity contribution in [3.05, 3.63) is 47.0 Å². The van der Waals surface area contributed by atoms with Crippen molar-refractivity contribution in [2.75, 3.05) is 14.2 Å². The Morgan fingerprint density at radius 1 is 0.958 bits per heavy atom. The van der Waals surface area contributed by atoms with Gasteiger partial charge in [0.2, 0.25) is 0 Å². The number of carbonyl (C=O) groups is 3. The smallest absolute Gasteiger partial charge is 0.337 e. The minimum absolute atomic E-state index is 0.0422. The topological polar surface area (TPSA) is 78.9 Å². The zero-order valence-electron chi connectivity index (χ0n) is 13.8. The highest BCUT2D eigenvalue weighted by Gasteiger charge is 2.67. The molecule has 2 bridgehead atoms. The molecule has 0 amide bonds. The summed E-state index contributed by atoms with van der Waals surface area (Å²) in [6.45, 7) is 1.35. The zero-order valence-corrected chi connectivity index (χ0v) is 13.8. The van der Waals surface area contributed by atoms with E-state index >= 15 is 0 Å². The van der Waals surface area contributed by atoms with Crippen molar-refractivity contribution >= 4 is 17.7 Å². The number of carbonyl (C=O) groups excluding carboxylic acids is 3. The Morgan fingerprint density at radius 3 is 2.08 bits per heavy atom. The number of methoxy groups -OCH3 is 2. The van der Waals surface area contributed by atoms with Gasteiger partial charge in [0.05, 0.1) is 25.4 Å². The molecule has 1 aromatic carbocycles. The van der Waals surface area contributed by atoms with Crippen LogP contribution < -0.4 is 0 Å². The Morgan fingerprint density at radius 2 is 1.54 bits per heavy atom. The van der Waals surface area contributed by atoms with Gasteiger partial charge >= 0.3 is 11.9 Å². The fourth-order valence-corrected chi connectivity index (χ4v) is 3.72. The van der Waals surface area contributed by atoms with E-state index in [1.54, 1.807) is 12.1 Å². The van der Waals surface area contributed by atoms with E-state index in [1.807, 2.05) is 18.2 Å². The normalized spacial score (nSPS) is 28.0. The van der Waals surface area contributed by atoms with E-state index in [-0.39, 0.29) is 16.9 Å². The number of hydrogen-bond acceptors (Lipinski definition) is 6. The molecule has 0 radical (unpaired) electrons. The molecule has 2 heterocycles. The molecule has 0 aromatic heterocycles. The van der Waals surface area contributed by atoms with E-state index < -0.39 is 23.1 Å². The molecule has 2 atom stereocenters. The molecule has 0 spiro atoms. The third-order valence-corrected chi connectivity index (χ3v) is 4.82. The lowest BCUT2D eigenvalue weighted by Gasteiger charge is -2.27. The van der Waals surface area contributed by atoms with Crippen LogP contribution in [0.1, 0.15) is 25.3 Å². The molecule has 1 saturated heterocycles. The number of fused-ring (bicyclic) bond motifs is 2. The third-order valence-electron chi connectivity index (χ3n) is 4.82. The summed E-state index contributed by atoms with van der Waals surface area (Å²) >= 11 is 0. The van der Waals surface area contributed by atoms with Crippen molar-refractivity contribution in [1.82, 2.24) is 0 Å². The SMILES string of the molecule is COC(=O)C1=C(C(=O)OC)C2(c3ccccc3)CCC1(C(C)=O)O2. The van der Waals surface area contributed by atoms with Gasteiger partial charge in [-0.3, -0.25) is 4.79 Å². The van der Waals surface area contributed by atoms with Crippen LogP contribution in [0.3, 0.4) is 0 Å². The van der Waals surface area contributed by atoms with Crippen LogP contribution in [-0.4, -0.2) is 37.5 Å². The molecule has 1 aromatic rings. The molecule has 0 aliphatic carbocycles. The highest BCUT2D eigenvalue weighted by Crippen LogP contribution is 2.60. The zero-order chi connectivity index (χ0) is 17.5. The monoisotopic (exact) mass is 330 g/mol. The summed E-state index contributed by atoms with van der Waals surface area (Å²) in [5.74, 6) is -1.77. The average Bonchev–Trinajstić information content (AvgIpc) is 3.15. The van der Waals surface area contributed by atoms with E-state index in [1.165, 1.54) is 21.1 Å². The summed E-state index contributed by atoms with van der Waals surface area (Å²) in [6, 6.07) is 9.07. The fraction of sp³-hybridized carbons (Fsp3) is 0.389. The maximum atomic E-state index is 12.5. The van der Waals surface area contributed by atoms with Crippen LogP contribution in [-0.2, 0) is 34.2 Å². The van der Waals surface area contributed by atoms with Crippen molar-refractivity contribution in [1.29, 1.82) is 0 Å². The standard InChI is InChI=1S/C18H18O6/c1-11(19)17-9-10-18(24-17,12-7-5-4-6-8-12)14(16(21)23-3)13(17)15(20)22-2/h4-8H,9-10H2,1-3H3. The van der Waals surface area contributed by atoms with Crippen LogP contribution >= 0.6 is 0 Å². The molecule has 6 heteroatoms. The van der Waals surface area contributed by atoms with Crippen molar-refractivity contribution in [3.8, 4) is 0 Å². The second-order valence-corrected chi connectivity index (χ2v) is 5.91. The first-order valence-corrected chi connectivity index (χ1v) is 7.61. The molecular weight excluding hydrogens is 312 g/mol. The van der Waals surface area contributed by atoms with Crippen LogP contribution in [0.25, 0.3) is 0 Å². The van der Waals surface area contributed by atoms with Gasteiger partial charge in [-0.15, -0.1) is 0 Å². The molecule has 6 nitrogen and oxygen atoms in total. The summed E-state index contributed by atoms with van der Waals surface area (Å²) in [5.41, 5.74) is -1.92. The lowest BCUT2D eigenvalue weighted by atomic mass is 9.72. The number of esters is 2. The first-order chi connectivity index (χ1) is 11.4. The Labute approximate surface area is 139 Å². The van der Waals surface area contributed by atoms with Gasteiger partial charge in [-0.25, -0.2) is 9.59 Å². The highest BCUT2D eigenvalue weighted by atomic mass is 16.6. The van der Waals surface area contributed by atoms with Crippen molar-refractivity contribution in [3.63, 3.8) is 0 Å². The van der Waals surface area contributed by atoms with Crippen LogP contribution in [0.2, 0.25) is 0 Å². The minimum atomic E-state index is -1.47. The van der Waals surface area contributed by atoms with Crippen LogP contribution in [0, 0.1) is 0 Å². The van der Waals surface area contributed by atoms with Gasteiger partial charge in [-0.2, -0.15) is 0 Å². The number of ether oxygens (including phenoxy) is 3. The van der Waals surface area contributed by atoms with E-state index in [2.05, 4.69) is 0 Å². The first-order valence-electron chi connectivity index (χ1n) is 7.61. The van der Waals surface area contributed by atoms with Gasteiger partial charge in [0.15, 0.2) is 11.4 Å². The first kappa shape index (κ1) is 16.4. The van der Waals surface area contributed by atoms with Crippen LogP contribution in [0.15, 0.2) is 41.5 Å². The van der Waals surface area contributed by atoms with Crippen molar-refractivity contribution in [2.45, 2.75) is 31.0 Å². The predicted octanol–water partition coefficient (Wildman–Crippen LogP) is 1.68. The predicted molar refractivity (Wildman–Crippen MR) is 82.9 cm³/mol. The summed E-state index contributed by atoms with van der Waals surface area (Å²) in [7, 11) is 2.44. The van der Waals surface area contributed by atoms with E-state index in [9.17, 15) is 14.4 Å². The Hall–Kier alpha value is -2.47. The molecule has 0 saturated carbocycles. The second kappa shape index (κ2) is 5.56. The third kappa shape index (κ3) is 1.96.